The molecule has 0 aliphatic rings. The van der Waals surface area contributed by atoms with Gasteiger partial charge in [0.2, 0.25) is 0 Å². The Bertz CT molecular complexity index is 551. The average Bonchev–Trinajstić information content (AvgIpc) is 2.77. The van der Waals surface area contributed by atoms with Crippen molar-refractivity contribution >= 4 is 22.6 Å². The molecule has 0 aliphatic heterocycles. The van der Waals surface area contributed by atoms with Gasteiger partial charge in [0.1, 0.15) is 5.82 Å². The van der Waals surface area contributed by atoms with E-state index in [0.717, 1.165) is 28.0 Å². The molecule has 0 bridgehead atoms. The van der Waals surface area contributed by atoms with Crippen LogP contribution in [-0.4, -0.2) is 16.3 Å². The SMILES string of the molecule is CC(C)CNCc1ccn(-c2ccc(F)cc2I)n1. The van der Waals surface area contributed by atoms with Crippen molar-refractivity contribution in [2.45, 2.75) is 20.4 Å². The molecule has 1 aromatic carbocycles. The maximum atomic E-state index is 13.1. The van der Waals surface area contributed by atoms with E-state index in [1.54, 1.807) is 10.7 Å². The van der Waals surface area contributed by atoms with E-state index in [-0.39, 0.29) is 5.82 Å². The number of benzene rings is 1. The summed E-state index contributed by atoms with van der Waals surface area (Å²) in [5, 5.41) is 7.85. The molecule has 0 radical (unpaired) electrons. The first kappa shape index (κ1) is 14.5. The zero-order chi connectivity index (χ0) is 13.8. The Kier molecular flexibility index (Phi) is 4.93. The Balaban J connectivity index is 2.08. The molecular weight excluding hydrogens is 356 g/mol. The molecular formula is C14H17FIN3. The molecule has 5 heteroatoms. The summed E-state index contributed by atoms with van der Waals surface area (Å²) in [7, 11) is 0. The zero-order valence-corrected chi connectivity index (χ0v) is 13.2. The van der Waals surface area contributed by atoms with E-state index in [1.807, 2.05) is 12.3 Å². The number of rotatable bonds is 5. The highest BCUT2D eigenvalue weighted by Crippen LogP contribution is 2.17. The minimum absolute atomic E-state index is 0.223. The fourth-order valence-corrected chi connectivity index (χ4v) is 2.47. The Labute approximate surface area is 126 Å². The Morgan fingerprint density at radius 3 is 2.84 bits per heavy atom. The molecule has 0 unspecified atom stereocenters. The Morgan fingerprint density at radius 1 is 1.37 bits per heavy atom. The van der Waals surface area contributed by atoms with Gasteiger partial charge in [-0.2, -0.15) is 5.10 Å². The van der Waals surface area contributed by atoms with Gasteiger partial charge in [-0.3, -0.25) is 0 Å². The van der Waals surface area contributed by atoms with Crippen LogP contribution < -0.4 is 5.32 Å². The Hall–Kier alpha value is -0.950. The number of aromatic nitrogens is 2. The maximum Gasteiger partial charge on any atom is 0.124 e. The summed E-state index contributed by atoms with van der Waals surface area (Å²) in [6.45, 7) is 6.07. The van der Waals surface area contributed by atoms with E-state index in [0.29, 0.717) is 5.92 Å². The quantitative estimate of drug-likeness (QED) is 0.815. The third kappa shape index (κ3) is 4.01. The first-order chi connectivity index (χ1) is 9.06. The lowest BCUT2D eigenvalue weighted by Crippen LogP contribution is -2.19. The predicted octanol–water partition coefficient (Wildman–Crippen LogP) is 3.36. The molecule has 2 rings (SSSR count). The fraction of sp³-hybridized carbons (Fsp3) is 0.357. The van der Waals surface area contributed by atoms with Gasteiger partial charge in [-0.15, -0.1) is 0 Å². The predicted molar refractivity (Wildman–Crippen MR) is 82.8 cm³/mol. The molecule has 0 saturated carbocycles. The van der Waals surface area contributed by atoms with Gasteiger partial charge in [0.15, 0.2) is 0 Å². The third-order valence-corrected chi connectivity index (χ3v) is 3.52. The van der Waals surface area contributed by atoms with Crippen LogP contribution in [0, 0.1) is 15.3 Å². The molecule has 19 heavy (non-hydrogen) atoms. The van der Waals surface area contributed by atoms with Crippen LogP contribution >= 0.6 is 22.6 Å². The highest BCUT2D eigenvalue weighted by atomic mass is 127. The number of halogens is 2. The highest BCUT2D eigenvalue weighted by molar-refractivity contribution is 14.1. The minimum Gasteiger partial charge on any atom is -0.311 e. The lowest BCUT2D eigenvalue weighted by molar-refractivity contribution is 0.546. The van der Waals surface area contributed by atoms with Gasteiger partial charge in [0.25, 0.3) is 0 Å². The van der Waals surface area contributed by atoms with Gasteiger partial charge in [0, 0.05) is 16.3 Å². The number of nitrogens with one attached hydrogen (secondary N) is 1. The number of nitrogens with zero attached hydrogens (tertiary/aromatic N) is 2. The summed E-state index contributed by atoms with van der Waals surface area (Å²) in [4.78, 5) is 0. The summed E-state index contributed by atoms with van der Waals surface area (Å²) in [6, 6.07) is 6.69. The van der Waals surface area contributed by atoms with E-state index in [4.69, 9.17) is 0 Å². The van der Waals surface area contributed by atoms with Crippen LogP contribution in [0.1, 0.15) is 19.5 Å². The van der Waals surface area contributed by atoms with Crippen LogP contribution in [0.4, 0.5) is 4.39 Å². The molecule has 0 spiro atoms. The van der Waals surface area contributed by atoms with Gasteiger partial charge in [0.05, 0.1) is 11.4 Å². The van der Waals surface area contributed by atoms with Gasteiger partial charge >= 0.3 is 0 Å². The van der Waals surface area contributed by atoms with Gasteiger partial charge in [-0.1, -0.05) is 13.8 Å². The van der Waals surface area contributed by atoms with Crippen molar-refractivity contribution in [3.63, 3.8) is 0 Å². The van der Waals surface area contributed by atoms with Crippen LogP contribution in [0.3, 0.4) is 0 Å². The van der Waals surface area contributed by atoms with Gasteiger partial charge in [-0.05, 0) is 59.3 Å². The first-order valence-corrected chi connectivity index (χ1v) is 7.35. The molecule has 1 N–H and O–H groups in total. The highest BCUT2D eigenvalue weighted by Gasteiger charge is 2.06. The van der Waals surface area contributed by atoms with Crippen molar-refractivity contribution in [1.29, 1.82) is 0 Å². The van der Waals surface area contributed by atoms with Gasteiger partial charge < -0.3 is 5.32 Å². The smallest absolute Gasteiger partial charge is 0.124 e. The first-order valence-electron chi connectivity index (χ1n) is 6.27. The van der Waals surface area contributed by atoms with Crippen LogP contribution in [-0.2, 0) is 6.54 Å². The third-order valence-electron chi connectivity index (χ3n) is 2.66. The summed E-state index contributed by atoms with van der Waals surface area (Å²) in [5.41, 5.74) is 1.89. The van der Waals surface area contributed by atoms with E-state index in [2.05, 4.69) is 46.9 Å². The second-order valence-corrected chi connectivity index (χ2v) is 6.03. The van der Waals surface area contributed by atoms with Crippen molar-refractivity contribution in [2.75, 3.05) is 6.54 Å². The van der Waals surface area contributed by atoms with Crippen molar-refractivity contribution in [1.82, 2.24) is 15.1 Å². The van der Waals surface area contributed by atoms with E-state index in [1.165, 1.54) is 12.1 Å². The van der Waals surface area contributed by atoms with Crippen LogP contribution in [0.2, 0.25) is 0 Å². The second kappa shape index (κ2) is 6.47. The number of hydrogen-bond donors (Lipinski definition) is 1. The molecule has 3 nitrogen and oxygen atoms in total. The molecule has 0 saturated heterocycles. The lowest BCUT2D eigenvalue weighted by Gasteiger charge is -2.06. The fourth-order valence-electron chi connectivity index (χ4n) is 1.75. The summed E-state index contributed by atoms with van der Waals surface area (Å²) in [5.74, 6) is 0.402. The summed E-state index contributed by atoms with van der Waals surface area (Å²) >= 11 is 2.12. The topological polar surface area (TPSA) is 29.9 Å². The molecule has 0 atom stereocenters. The van der Waals surface area contributed by atoms with Crippen molar-refractivity contribution in [3.8, 4) is 5.69 Å². The van der Waals surface area contributed by atoms with Crippen LogP contribution in [0.15, 0.2) is 30.5 Å². The van der Waals surface area contributed by atoms with Crippen LogP contribution in [0.25, 0.3) is 5.69 Å². The molecule has 1 aromatic heterocycles. The minimum atomic E-state index is -0.223. The lowest BCUT2D eigenvalue weighted by atomic mass is 10.2. The largest absolute Gasteiger partial charge is 0.311 e. The molecule has 0 amide bonds. The maximum absolute atomic E-state index is 13.1. The monoisotopic (exact) mass is 373 g/mol. The van der Waals surface area contributed by atoms with Crippen molar-refractivity contribution < 1.29 is 4.39 Å². The van der Waals surface area contributed by atoms with E-state index >= 15 is 0 Å². The van der Waals surface area contributed by atoms with Crippen molar-refractivity contribution in [2.24, 2.45) is 5.92 Å². The van der Waals surface area contributed by atoms with Crippen molar-refractivity contribution in [3.05, 3.63) is 45.5 Å². The molecule has 1 heterocycles. The summed E-state index contributed by atoms with van der Waals surface area (Å²) < 4.78 is 15.7. The summed E-state index contributed by atoms with van der Waals surface area (Å²) in [6.07, 6.45) is 1.90. The van der Waals surface area contributed by atoms with Gasteiger partial charge in [-0.25, -0.2) is 9.07 Å². The van der Waals surface area contributed by atoms with E-state index < -0.39 is 0 Å². The van der Waals surface area contributed by atoms with E-state index in [9.17, 15) is 4.39 Å². The molecule has 102 valence electrons. The molecule has 0 aliphatic carbocycles. The van der Waals surface area contributed by atoms with Crippen LogP contribution in [0.5, 0.6) is 0 Å². The normalized spacial score (nSPS) is 11.2. The Morgan fingerprint density at radius 2 is 2.16 bits per heavy atom. The average molecular weight is 373 g/mol. The molecule has 2 aromatic rings. The zero-order valence-electron chi connectivity index (χ0n) is 11.0. The second-order valence-electron chi connectivity index (χ2n) is 4.87. The molecule has 0 fully saturated rings. The number of hydrogen-bond acceptors (Lipinski definition) is 2. The standard InChI is InChI=1S/C14H17FIN3/c1-10(2)8-17-9-12-5-6-19(18-12)14-4-3-11(15)7-13(14)16/h3-7,10,17H,8-9H2,1-2H3.